The summed E-state index contributed by atoms with van der Waals surface area (Å²) in [5, 5.41) is 12.5. The maximum absolute atomic E-state index is 12.6. The molecular weight excluding hydrogens is 430 g/mol. The zero-order chi connectivity index (χ0) is 23.1. The van der Waals surface area contributed by atoms with Crippen LogP contribution < -0.4 is 15.7 Å². The minimum Gasteiger partial charge on any atom is -0.484 e. The number of carboxylic acids is 1. The Labute approximate surface area is 189 Å². The number of carbonyl (C=O) groups excluding carboxylic acids is 1. The number of hydrogen-bond donors (Lipinski definition) is 2. The minimum atomic E-state index is -1.08. The largest absolute Gasteiger partial charge is 0.484 e. The topological polar surface area (TPSA) is 106 Å². The molecule has 2 aromatic carbocycles. The summed E-state index contributed by atoms with van der Waals surface area (Å²) in [6.45, 7) is 1.54. The highest BCUT2D eigenvalue weighted by atomic mass is 32.2. The first-order valence-electron chi connectivity index (χ1n) is 10.1. The van der Waals surface area contributed by atoms with Crippen LogP contribution in [-0.2, 0) is 16.0 Å². The Morgan fingerprint density at radius 2 is 1.94 bits per heavy atom. The number of hydrogen-bond acceptors (Lipinski definition) is 6. The summed E-state index contributed by atoms with van der Waals surface area (Å²) in [6, 6.07) is 13.8. The molecule has 1 aromatic heterocycles. The number of rotatable bonds is 10. The van der Waals surface area contributed by atoms with Crippen LogP contribution in [0.5, 0.6) is 5.75 Å². The van der Waals surface area contributed by atoms with Gasteiger partial charge in [0, 0.05) is 23.4 Å². The molecule has 168 valence electrons. The summed E-state index contributed by atoms with van der Waals surface area (Å²) in [5.74, 6) is -0.647. The van der Waals surface area contributed by atoms with Crippen molar-refractivity contribution in [3.8, 4) is 5.75 Å². The average molecular weight is 456 g/mol. The molecule has 7 nitrogen and oxygen atoms in total. The van der Waals surface area contributed by atoms with Crippen molar-refractivity contribution < 1.29 is 23.8 Å². The van der Waals surface area contributed by atoms with Crippen molar-refractivity contribution in [3.63, 3.8) is 0 Å². The Balaban J connectivity index is 1.71. The zero-order valence-corrected chi connectivity index (χ0v) is 18.7. The Bertz CT molecular complexity index is 1160. The summed E-state index contributed by atoms with van der Waals surface area (Å²) in [4.78, 5) is 35.9. The smallest absolute Gasteiger partial charge is 0.340 e. The van der Waals surface area contributed by atoms with E-state index < -0.39 is 23.5 Å². The highest BCUT2D eigenvalue weighted by molar-refractivity contribution is 7.98. The van der Waals surface area contributed by atoms with Crippen molar-refractivity contribution in [2.75, 3.05) is 18.6 Å². The molecule has 1 amide bonds. The Hall–Kier alpha value is -3.26. The van der Waals surface area contributed by atoms with Crippen LogP contribution in [0, 0.1) is 6.92 Å². The lowest BCUT2D eigenvalue weighted by atomic mass is 10.00. The standard InChI is InChI=1S/C24H25NO6S/c1-15-18-9-8-17(30-14-22(26)25-20(23(27)28)10-11-32-2)13-21(18)31-24(29)19(15)12-16-6-4-3-5-7-16/h3-9,13,20H,10-12,14H2,1-2H3,(H,25,26)(H,27,28)/t20-/m0/s1. The van der Waals surface area contributed by atoms with E-state index in [0.717, 1.165) is 16.5 Å². The number of benzene rings is 2. The van der Waals surface area contributed by atoms with Crippen molar-refractivity contribution in [1.29, 1.82) is 0 Å². The van der Waals surface area contributed by atoms with E-state index in [2.05, 4.69) is 5.32 Å². The quantitative estimate of drug-likeness (QED) is 0.451. The van der Waals surface area contributed by atoms with Gasteiger partial charge >= 0.3 is 11.6 Å². The molecule has 0 radical (unpaired) electrons. The van der Waals surface area contributed by atoms with Crippen LogP contribution in [0.4, 0.5) is 0 Å². The second-order valence-corrected chi connectivity index (χ2v) is 8.33. The Morgan fingerprint density at radius 1 is 1.19 bits per heavy atom. The third-order valence-corrected chi connectivity index (χ3v) is 5.74. The van der Waals surface area contributed by atoms with E-state index in [1.807, 2.05) is 43.5 Å². The number of ether oxygens (including phenoxy) is 1. The molecule has 1 atom stereocenters. The SMILES string of the molecule is CSCC[C@H](NC(=O)COc1ccc2c(C)c(Cc3ccccc3)c(=O)oc2c1)C(=O)O. The van der Waals surface area contributed by atoms with Crippen molar-refractivity contribution in [1.82, 2.24) is 5.32 Å². The molecule has 0 saturated heterocycles. The van der Waals surface area contributed by atoms with Crippen LogP contribution in [0.2, 0.25) is 0 Å². The summed E-state index contributed by atoms with van der Waals surface area (Å²) in [6.07, 6.45) is 2.67. The van der Waals surface area contributed by atoms with Crippen molar-refractivity contribution in [3.05, 3.63) is 75.6 Å². The summed E-state index contributed by atoms with van der Waals surface area (Å²) < 4.78 is 11.0. The number of aryl methyl sites for hydroxylation is 1. The van der Waals surface area contributed by atoms with E-state index in [0.29, 0.717) is 35.5 Å². The lowest BCUT2D eigenvalue weighted by Gasteiger charge is -2.14. The van der Waals surface area contributed by atoms with Gasteiger partial charge in [-0.05, 0) is 48.6 Å². The summed E-state index contributed by atoms with van der Waals surface area (Å²) in [7, 11) is 0. The molecule has 3 aromatic rings. The molecule has 0 spiro atoms. The Morgan fingerprint density at radius 3 is 2.62 bits per heavy atom. The van der Waals surface area contributed by atoms with Gasteiger partial charge in [0.2, 0.25) is 0 Å². The maximum Gasteiger partial charge on any atom is 0.340 e. The van der Waals surface area contributed by atoms with E-state index >= 15 is 0 Å². The van der Waals surface area contributed by atoms with Gasteiger partial charge in [-0.25, -0.2) is 9.59 Å². The minimum absolute atomic E-state index is 0.327. The lowest BCUT2D eigenvalue weighted by molar-refractivity contribution is -0.142. The number of carbonyl (C=O) groups is 2. The predicted molar refractivity (Wildman–Crippen MR) is 125 cm³/mol. The average Bonchev–Trinajstić information content (AvgIpc) is 2.78. The first kappa shape index (κ1) is 23.4. The summed E-state index contributed by atoms with van der Waals surface area (Å²) >= 11 is 1.51. The molecule has 1 heterocycles. The lowest BCUT2D eigenvalue weighted by Crippen LogP contribution is -2.43. The number of fused-ring (bicyclic) bond motifs is 1. The second-order valence-electron chi connectivity index (χ2n) is 7.34. The van der Waals surface area contributed by atoms with E-state index in [1.165, 1.54) is 11.8 Å². The molecular formula is C24H25NO6S. The molecule has 8 heteroatoms. The fourth-order valence-electron chi connectivity index (χ4n) is 3.35. The third-order valence-electron chi connectivity index (χ3n) is 5.10. The monoisotopic (exact) mass is 455 g/mol. The van der Waals surface area contributed by atoms with Gasteiger partial charge in [-0.1, -0.05) is 30.3 Å². The van der Waals surface area contributed by atoms with Gasteiger partial charge in [-0.15, -0.1) is 0 Å². The molecule has 0 bridgehead atoms. The number of thioether (sulfide) groups is 1. The Kier molecular flexibility index (Phi) is 7.94. The molecule has 0 aliphatic rings. The first-order valence-corrected chi connectivity index (χ1v) is 11.5. The molecule has 3 rings (SSSR count). The van der Waals surface area contributed by atoms with E-state index in [9.17, 15) is 19.5 Å². The van der Waals surface area contributed by atoms with Crippen molar-refractivity contribution >= 4 is 34.6 Å². The fraction of sp³-hybridized carbons (Fsp3) is 0.292. The van der Waals surface area contributed by atoms with Gasteiger partial charge < -0.3 is 19.6 Å². The molecule has 0 fully saturated rings. The van der Waals surface area contributed by atoms with Gasteiger partial charge in [0.25, 0.3) is 5.91 Å². The number of amides is 1. The van der Waals surface area contributed by atoms with Crippen LogP contribution in [0.15, 0.2) is 57.7 Å². The van der Waals surface area contributed by atoms with Crippen molar-refractivity contribution in [2.45, 2.75) is 25.8 Å². The van der Waals surface area contributed by atoms with Crippen LogP contribution in [0.1, 0.15) is 23.1 Å². The highest BCUT2D eigenvalue weighted by Crippen LogP contribution is 2.25. The highest BCUT2D eigenvalue weighted by Gasteiger charge is 2.20. The van der Waals surface area contributed by atoms with E-state index in [1.54, 1.807) is 18.2 Å². The van der Waals surface area contributed by atoms with Gasteiger partial charge in [0.1, 0.15) is 17.4 Å². The van der Waals surface area contributed by atoms with Crippen LogP contribution in [-0.4, -0.2) is 41.6 Å². The molecule has 0 aliphatic heterocycles. The fourth-order valence-corrected chi connectivity index (χ4v) is 3.82. The molecule has 0 aliphatic carbocycles. The van der Waals surface area contributed by atoms with Gasteiger partial charge in [-0.2, -0.15) is 11.8 Å². The van der Waals surface area contributed by atoms with Gasteiger partial charge in [-0.3, -0.25) is 4.79 Å². The second kappa shape index (κ2) is 10.9. The number of nitrogens with one attached hydrogen (secondary N) is 1. The van der Waals surface area contributed by atoms with Crippen LogP contribution in [0.25, 0.3) is 11.0 Å². The molecule has 2 N–H and O–H groups in total. The summed E-state index contributed by atoms with van der Waals surface area (Å²) in [5.41, 5.74) is 2.41. The number of aliphatic carboxylic acids is 1. The molecule has 0 unspecified atom stereocenters. The third kappa shape index (κ3) is 5.91. The molecule has 0 saturated carbocycles. The number of carboxylic acid groups (broad SMARTS) is 1. The van der Waals surface area contributed by atoms with E-state index in [-0.39, 0.29) is 6.61 Å². The normalized spacial score (nSPS) is 11.8. The van der Waals surface area contributed by atoms with Gasteiger partial charge in [0.05, 0.1) is 0 Å². The van der Waals surface area contributed by atoms with Crippen LogP contribution >= 0.6 is 11.8 Å². The maximum atomic E-state index is 12.6. The predicted octanol–water partition coefficient (Wildman–Crippen LogP) is 3.39. The van der Waals surface area contributed by atoms with Gasteiger partial charge in [0.15, 0.2) is 6.61 Å². The zero-order valence-electron chi connectivity index (χ0n) is 17.9. The first-order chi connectivity index (χ1) is 15.4. The molecule has 32 heavy (non-hydrogen) atoms. The van der Waals surface area contributed by atoms with E-state index in [4.69, 9.17) is 9.15 Å². The van der Waals surface area contributed by atoms with Crippen LogP contribution in [0.3, 0.4) is 0 Å². The van der Waals surface area contributed by atoms with Crippen molar-refractivity contribution in [2.24, 2.45) is 0 Å².